The maximum absolute atomic E-state index is 13.4. The van der Waals surface area contributed by atoms with Crippen molar-refractivity contribution in [3.63, 3.8) is 0 Å². The summed E-state index contributed by atoms with van der Waals surface area (Å²) in [6, 6.07) is 1.81. The van der Waals surface area contributed by atoms with Crippen molar-refractivity contribution in [2.45, 2.75) is 6.54 Å². The van der Waals surface area contributed by atoms with E-state index in [4.69, 9.17) is 5.84 Å². The minimum Gasteiger partial charge on any atom is -0.348 e. The lowest BCUT2D eigenvalue weighted by atomic mass is 10.1. The molecule has 0 aliphatic rings. The molecule has 8 heteroatoms. The summed E-state index contributed by atoms with van der Waals surface area (Å²) >= 11 is 0. The molecule has 5 N–H and O–H groups in total. The van der Waals surface area contributed by atoms with Crippen molar-refractivity contribution in [1.82, 2.24) is 15.5 Å². The molecule has 0 spiro atoms. The van der Waals surface area contributed by atoms with Crippen molar-refractivity contribution in [3.05, 3.63) is 47.3 Å². The number of aromatic nitrogens is 2. The highest BCUT2D eigenvalue weighted by Gasteiger charge is 2.14. The third-order valence-corrected chi connectivity index (χ3v) is 2.46. The summed E-state index contributed by atoms with van der Waals surface area (Å²) in [4.78, 5) is 11.7. The lowest BCUT2D eigenvalue weighted by Crippen LogP contribution is -2.23. The Bertz CT molecular complexity index is 562. The molecule has 2 rings (SSSR count). The Hall–Kier alpha value is -2.48. The van der Waals surface area contributed by atoms with E-state index in [1.807, 2.05) is 5.43 Å². The number of nitrogen functional groups attached to an aromatic ring is 1. The first kappa shape index (κ1) is 13.0. The number of aromatic amines is 1. The van der Waals surface area contributed by atoms with Crippen LogP contribution in [0.3, 0.4) is 0 Å². The zero-order valence-electron chi connectivity index (χ0n) is 9.71. The second kappa shape index (κ2) is 5.44. The molecule has 0 saturated heterocycles. The molecule has 0 aliphatic carbocycles. The number of nitrogens with two attached hydrogens (primary N) is 1. The summed E-state index contributed by atoms with van der Waals surface area (Å²) in [5.41, 5.74) is 2.03. The molecule has 0 saturated carbocycles. The van der Waals surface area contributed by atoms with E-state index in [0.717, 1.165) is 17.7 Å². The lowest BCUT2D eigenvalue weighted by molar-refractivity contribution is 0.0950. The van der Waals surface area contributed by atoms with Crippen LogP contribution in [0.15, 0.2) is 24.5 Å². The number of anilines is 1. The topological polar surface area (TPSA) is 95.8 Å². The first-order chi connectivity index (χ1) is 9.11. The first-order valence-corrected chi connectivity index (χ1v) is 5.33. The van der Waals surface area contributed by atoms with Gasteiger partial charge in [-0.25, -0.2) is 8.78 Å². The van der Waals surface area contributed by atoms with E-state index in [-0.39, 0.29) is 12.1 Å². The monoisotopic (exact) mass is 267 g/mol. The first-order valence-electron chi connectivity index (χ1n) is 5.33. The summed E-state index contributed by atoms with van der Waals surface area (Å²) in [6.07, 6.45) is 3.13. The van der Waals surface area contributed by atoms with Gasteiger partial charge in [0.15, 0.2) is 11.6 Å². The molecule has 1 amide bonds. The number of hydrogen-bond donors (Lipinski definition) is 4. The predicted molar refractivity (Wildman–Crippen MR) is 63.9 cm³/mol. The fourth-order valence-corrected chi connectivity index (χ4v) is 1.50. The van der Waals surface area contributed by atoms with Gasteiger partial charge in [-0.15, -0.1) is 0 Å². The Morgan fingerprint density at radius 1 is 1.37 bits per heavy atom. The number of carbonyl (C=O) groups is 1. The highest BCUT2D eigenvalue weighted by molar-refractivity contribution is 5.94. The largest absolute Gasteiger partial charge is 0.348 e. The van der Waals surface area contributed by atoms with Gasteiger partial charge in [0.2, 0.25) is 0 Å². The van der Waals surface area contributed by atoms with Gasteiger partial charge >= 0.3 is 0 Å². The summed E-state index contributed by atoms with van der Waals surface area (Å²) in [5.74, 6) is 2.50. The predicted octanol–water partition coefficient (Wildman–Crippen LogP) is 0.904. The Balaban J connectivity index is 2.11. The van der Waals surface area contributed by atoms with Gasteiger partial charge in [-0.1, -0.05) is 0 Å². The SMILES string of the molecule is NNc1c(F)cc(C(=O)NCc2cn[nH]c2)cc1F. The van der Waals surface area contributed by atoms with Gasteiger partial charge in [-0.2, -0.15) is 5.10 Å². The van der Waals surface area contributed by atoms with Crippen LogP contribution in [0.2, 0.25) is 0 Å². The van der Waals surface area contributed by atoms with E-state index < -0.39 is 23.2 Å². The molecule has 100 valence electrons. The molecule has 0 fully saturated rings. The molecule has 19 heavy (non-hydrogen) atoms. The van der Waals surface area contributed by atoms with Crippen LogP contribution in [0.25, 0.3) is 0 Å². The number of carbonyl (C=O) groups excluding carboxylic acids is 1. The van der Waals surface area contributed by atoms with Crippen LogP contribution in [0.5, 0.6) is 0 Å². The summed E-state index contributed by atoms with van der Waals surface area (Å²) < 4.78 is 26.8. The van der Waals surface area contributed by atoms with E-state index in [2.05, 4.69) is 15.5 Å². The van der Waals surface area contributed by atoms with Crippen molar-refractivity contribution in [2.24, 2.45) is 5.84 Å². The maximum atomic E-state index is 13.4. The molecule has 0 aliphatic heterocycles. The summed E-state index contributed by atoms with van der Waals surface area (Å²) in [5, 5.41) is 8.80. The van der Waals surface area contributed by atoms with Crippen LogP contribution in [0.4, 0.5) is 14.5 Å². The van der Waals surface area contributed by atoms with E-state index >= 15 is 0 Å². The number of nitrogens with zero attached hydrogens (tertiary/aromatic N) is 1. The lowest BCUT2D eigenvalue weighted by Gasteiger charge is -2.07. The molecule has 6 nitrogen and oxygen atoms in total. The fraction of sp³-hybridized carbons (Fsp3) is 0.0909. The number of rotatable bonds is 4. The van der Waals surface area contributed by atoms with E-state index in [0.29, 0.717) is 0 Å². The smallest absolute Gasteiger partial charge is 0.251 e. The van der Waals surface area contributed by atoms with Crippen LogP contribution < -0.4 is 16.6 Å². The molecule has 2 aromatic rings. The summed E-state index contributed by atoms with van der Waals surface area (Å²) in [6.45, 7) is 0.204. The van der Waals surface area contributed by atoms with Crippen molar-refractivity contribution in [3.8, 4) is 0 Å². The molecule has 1 heterocycles. The van der Waals surface area contributed by atoms with Gasteiger partial charge in [0.1, 0.15) is 5.69 Å². The zero-order valence-corrected chi connectivity index (χ0v) is 9.71. The van der Waals surface area contributed by atoms with Crippen LogP contribution >= 0.6 is 0 Å². The van der Waals surface area contributed by atoms with Crippen LogP contribution in [-0.4, -0.2) is 16.1 Å². The highest BCUT2D eigenvalue weighted by atomic mass is 19.1. The zero-order chi connectivity index (χ0) is 13.8. The molecule has 0 radical (unpaired) electrons. The minimum absolute atomic E-state index is 0.127. The second-order valence-corrected chi connectivity index (χ2v) is 3.75. The number of hydrazine groups is 1. The van der Waals surface area contributed by atoms with Gasteiger partial charge in [-0.05, 0) is 12.1 Å². The number of halogens is 2. The Morgan fingerprint density at radius 3 is 2.58 bits per heavy atom. The molecule has 1 aromatic heterocycles. The van der Waals surface area contributed by atoms with Crippen molar-refractivity contribution in [1.29, 1.82) is 0 Å². The summed E-state index contributed by atoms with van der Waals surface area (Å²) in [7, 11) is 0. The van der Waals surface area contributed by atoms with Crippen LogP contribution in [-0.2, 0) is 6.54 Å². The minimum atomic E-state index is -0.934. The van der Waals surface area contributed by atoms with Crippen LogP contribution in [0.1, 0.15) is 15.9 Å². The Labute approximate surface area is 107 Å². The van der Waals surface area contributed by atoms with Gasteiger partial charge < -0.3 is 10.7 Å². The maximum Gasteiger partial charge on any atom is 0.251 e. The van der Waals surface area contributed by atoms with Gasteiger partial charge in [0, 0.05) is 23.9 Å². The molecule has 1 aromatic carbocycles. The number of nitrogens with one attached hydrogen (secondary N) is 3. The Morgan fingerprint density at radius 2 is 2.05 bits per heavy atom. The molecule has 0 atom stereocenters. The standard InChI is InChI=1S/C11H11F2N5O/c12-8-1-7(2-9(13)10(8)18-14)11(19)15-3-6-4-16-17-5-6/h1-2,4-5,18H,3,14H2,(H,15,19)(H,16,17). The number of benzene rings is 1. The average molecular weight is 267 g/mol. The van der Waals surface area contributed by atoms with Gasteiger partial charge in [-0.3, -0.25) is 15.7 Å². The quantitative estimate of drug-likeness (QED) is 0.489. The average Bonchev–Trinajstić information content (AvgIpc) is 2.88. The number of H-pyrrole nitrogens is 1. The normalized spacial score (nSPS) is 10.3. The number of hydrogen-bond acceptors (Lipinski definition) is 4. The van der Waals surface area contributed by atoms with E-state index in [1.165, 1.54) is 6.20 Å². The van der Waals surface area contributed by atoms with Crippen LogP contribution in [0, 0.1) is 11.6 Å². The molecular formula is C11H11F2N5O. The van der Waals surface area contributed by atoms with Crippen molar-refractivity contribution in [2.75, 3.05) is 5.43 Å². The Kier molecular flexibility index (Phi) is 3.71. The van der Waals surface area contributed by atoms with Gasteiger partial charge in [0.25, 0.3) is 5.91 Å². The molecular weight excluding hydrogens is 256 g/mol. The van der Waals surface area contributed by atoms with Gasteiger partial charge in [0.05, 0.1) is 6.20 Å². The van der Waals surface area contributed by atoms with E-state index in [9.17, 15) is 13.6 Å². The number of amides is 1. The fourth-order valence-electron chi connectivity index (χ4n) is 1.50. The third kappa shape index (κ3) is 2.86. The highest BCUT2D eigenvalue weighted by Crippen LogP contribution is 2.19. The second-order valence-electron chi connectivity index (χ2n) is 3.75. The van der Waals surface area contributed by atoms with Crippen molar-refractivity contribution >= 4 is 11.6 Å². The molecule has 0 bridgehead atoms. The van der Waals surface area contributed by atoms with E-state index in [1.54, 1.807) is 6.20 Å². The third-order valence-electron chi connectivity index (χ3n) is 2.46. The molecule has 0 unspecified atom stereocenters. The van der Waals surface area contributed by atoms with Crippen molar-refractivity contribution < 1.29 is 13.6 Å².